The van der Waals surface area contributed by atoms with Crippen LogP contribution in [0.1, 0.15) is 21.1 Å². The molecule has 0 fully saturated rings. The van der Waals surface area contributed by atoms with Gasteiger partial charge in [0.2, 0.25) is 5.89 Å². The molecule has 0 bridgehead atoms. The maximum Gasteiger partial charge on any atom is 0.349 e. The molecule has 0 N–H and O–H groups in total. The summed E-state index contributed by atoms with van der Waals surface area (Å²) in [5.41, 5.74) is 0.701. The van der Waals surface area contributed by atoms with E-state index in [1.807, 2.05) is 0 Å². The molecule has 0 saturated carbocycles. The third kappa shape index (κ3) is 3.43. The SMILES string of the molecule is Cc1c(C(=O)OCc2nnc(-c3ccc([N+](=O)[O-])cc3)o2)sc2ncn(C)c(=O)c12. The Balaban J connectivity index is 1.49. The maximum atomic E-state index is 12.5. The number of nitro groups is 1. The molecule has 0 aliphatic heterocycles. The fourth-order valence-electron chi connectivity index (χ4n) is 2.75. The van der Waals surface area contributed by atoms with Gasteiger partial charge in [0.15, 0.2) is 6.61 Å². The van der Waals surface area contributed by atoms with Crippen molar-refractivity contribution < 1.29 is 18.9 Å². The van der Waals surface area contributed by atoms with Crippen LogP contribution in [0.5, 0.6) is 0 Å². The molecule has 0 radical (unpaired) electrons. The summed E-state index contributed by atoms with van der Waals surface area (Å²) in [5, 5.41) is 18.8. The van der Waals surface area contributed by atoms with Gasteiger partial charge in [-0.1, -0.05) is 0 Å². The highest BCUT2D eigenvalue weighted by molar-refractivity contribution is 7.20. The average Bonchev–Trinajstić information content (AvgIpc) is 3.34. The summed E-state index contributed by atoms with van der Waals surface area (Å²) < 4.78 is 12.0. The molecule has 0 aliphatic rings. The third-order valence-electron chi connectivity index (χ3n) is 4.31. The van der Waals surface area contributed by atoms with E-state index < -0.39 is 10.9 Å². The van der Waals surface area contributed by atoms with E-state index in [0.29, 0.717) is 21.3 Å². The van der Waals surface area contributed by atoms with Crippen LogP contribution in [-0.2, 0) is 18.4 Å². The molecular formula is C18H13N5O6S. The van der Waals surface area contributed by atoms with Crippen molar-refractivity contribution in [2.24, 2.45) is 7.05 Å². The second-order valence-corrected chi connectivity index (χ2v) is 7.28. The third-order valence-corrected chi connectivity index (χ3v) is 5.49. The van der Waals surface area contributed by atoms with Gasteiger partial charge in [0.1, 0.15) is 9.71 Å². The Labute approximate surface area is 171 Å². The van der Waals surface area contributed by atoms with Gasteiger partial charge in [0.25, 0.3) is 17.1 Å². The fraction of sp³-hybridized carbons (Fsp3) is 0.167. The molecule has 12 heteroatoms. The number of carbonyl (C=O) groups excluding carboxylic acids is 1. The number of fused-ring (bicyclic) bond motifs is 1. The molecule has 152 valence electrons. The lowest BCUT2D eigenvalue weighted by molar-refractivity contribution is -0.384. The van der Waals surface area contributed by atoms with Crippen molar-refractivity contribution in [2.45, 2.75) is 13.5 Å². The predicted octanol–water partition coefficient (Wildman–Crippen LogP) is 2.62. The van der Waals surface area contributed by atoms with E-state index in [1.165, 1.54) is 35.2 Å². The van der Waals surface area contributed by atoms with Gasteiger partial charge in [-0.3, -0.25) is 14.9 Å². The number of aryl methyl sites for hydroxylation is 2. The van der Waals surface area contributed by atoms with E-state index >= 15 is 0 Å². The van der Waals surface area contributed by atoms with Crippen molar-refractivity contribution in [3.63, 3.8) is 0 Å². The molecule has 0 spiro atoms. The number of benzene rings is 1. The first kappa shape index (κ1) is 19.4. The molecule has 11 nitrogen and oxygen atoms in total. The summed E-state index contributed by atoms with van der Waals surface area (Å²) in [6.45, 7) is 1.40. The second-order valence-electron chi connectivity index (χ2n) is 6.28. The number of non-ortho nitro benzene ring substituents is 1. The number of esters is 1. The van der Waals surface area contributed by atoms with Gasteiger partial charge < -0.3 is 13.7 Å². The largest absolute Gasteiger partial charge is 0.451 e. The number of thiophene rings is 1. The molecule has 0 saturated heterocycles. The van der Waals surface area contributed by atoms with Gasteiger partial charge in [-0.15, -0.1) is 21.5 Å². The van der Waals surface area contributed by atoms with Crippen molar-refractivity contribution in [1.29, 1.82) is 0 Å². The van der Waals surface area contributed by atoms with Crippen LogP contribution in [0.3, 0.4) is 0 Å². The summed E-state index contributed by atoms with van der Waals surface area (Å²) in [4.78, 5) is 39.9. The summed E-state index contributed by atoms with van der Waals surface area (Å²) in [7, 11) is 1.59. The molecule has 30 heavy (non-hydrogen) atoms. The van der Waals surface area contributed by atoms with Crippen LogP contribution in [0.15, 0.2) is 39.8 Å². The number of nitrogens with zero attached hydrogens (tertiary/aromatic N) is 5. The fourth-order valence-corrected chi connectivity index (χ4v) is 3.78. The summed E-state index contributed by atoms with van der Waals surface area (Å²) in [6.07, 6.45) is 1.40. The number of nitro benzene ring substituents is 1. The zero-order chi connectivity index (χ0) is 21.4. The van der Waals surface area contributed by atoms with Crippen molar-refractivity contribution in [3.05, 3.63) is 67.4 Å². The quantitative estimate of drug-likeness (QED) is 0.267. The minimum atomic E-state index is -0.632. The highest BCUT2D eigenvalue weighted by atomic mass is 32.1. The molecular weight excluding hydrogens is 414 g/mol. The Morgan fingerprint density at radius 3 is 2.73 bits per heavy atom. The van der Waals surface area contributed by atoms with Crippen molar-refractivity contribution in [2.75, 3.05) is 0 Å². The van der Waals surface area contributed by atoms with Crippen LogP contribution in [0.2, 0.25) is 0 Å². The second kappa shape index (κ2) is 7.48. The average molecular weight is 427 g/mol. The first-order valence-electron chi connectivity index (χ1n) is 8.54. The zero-order valence-corrected chi connectivity index (χ0v) is 16.5. The Kier molecular flexibility index (Phi) is 4.83. The number of hydrogen-bond donors (Lipinski definition) is 0. The number of ether oxygens (including phenoxy) is 1. The van der Waals surface area contributed by atoms with Crippen molar-refractivity contribution in [1.82, 2.24) is 19.7 Å². The van der Waals surface area contributed by atoms with E-state index in [4.69, 9.17) is 9.15 Å². The van der Waals surface area contributed by atoms with Crippen LogP contribution in [0, 0.1) is 17.0 Å². The minimum absolute atomic E-state index is 0.0597. The van der Waals surface area contributed by atoms with Crippen LogP contribution in [-0.4, -0.2) is 30.6 Å². The molecule has 1 aromatic carbocycles. The molecule has 0 amide bonds. The smallest absolute Gasteiger partial charge is 0.349 e. The standard InChI is InChI=1S/C18H13N5O6S/c1-9-13-16(19-8-22(2)17(13)24)30-14(9)18(25)28-7-12-20-21-15(29-12)10-3-5-11(6-4-10)23(26)27/h3-6,8H,7H2,1-2H3. The van der Waals surface area contributed by atoms with Crippen molar-refractivity contribution in [3.8, 4) is 11.5 Å². The van der Waals surface area contributed by atoms with E-state index in [-0.39, 0.29) is 34.5 Å². The molecule has 4 aromatic rings. The molecule has 0 unspecified atom stereocenters. The number of aromatic nitrogens is 4. The monoisotopic (exact) mass is 427 g/mol. The normalized spacial score (nSPS) is 11.0. The Morgan fingerprint density at radius 2 is 2.03 bits per heavy atom. The van der Waals surface area contributed by atoms with Crippen LogP contribution >= 0.6 is 11.3 Å². The van der Waals surface area contributed by atoms with Gasteiger partial charge in [-0.2, -0.15) is 0 Å². The zero-order valence-electron chi connectivity index (χ0n) is 15.7. The molecule has 4 rings (SSSR count). The highest BCUT2D eigenvalue weighted by Crippen LogP contribution is 2.28. The first-order chi connectivity index (χ1) is 14.3. The summed E-state index contributed by atoms with van der Waals surface area (Å²) in [5.74, 6) is -0.432. The predicted molar refractivity (Wildman–Crippen MR) is 105 cm³/mol. The summed E-state index contributed by atoms with van der Waals surface area (Å²) >= 11 is 1.08. The van der Waals surface area contributed by atoms with Gasteiger partial charge in [0.05, 0.1) is 16.6 Å². The number of rotatable bonds is 5. The molecule has 3 heterocycles. The topological polar surface area (TPSA) is 143 Å². The number of carbonyl (C=O) groups is 1. The lowest BCUT2D eigenvalue weighted by Crippen LogP contribution is -2.16. The van der Waals surface area contributed by atoms with E-state index in [1.54, 1.807) is 14.0 Å². The van der Waals surface area contributed by atoms with E-state index in [9.17, 15) is 19.7 Å². The van der Waals surface area contributed by atoms with Gasteiger partial charge in [-0.05, 0) is 24.6 Å². The van der Waals surface area contributed by atoms with Crippen LogP contribution in [0.4, 0.5) is 5.69 Å². The Hall–Kier alpha value is -3.93. The minimum Gasteiger partial charge on any atom is -0.451 e. The van der Waals surface area contributed by atoms with Crippen molar-refractivity contribution >= 4 is 33.2 Å². The van der Waals surface area contributed by atoms with Gasteiger partial charge in [0, 0.05) is 24.7 Å². The molecule has 0 atom stereocenters. The lowest BCUT2D eigenvalue weighted by atomic mass is 10.2. The highest BCUT2D eigenvalue weighted by Gasteiger charge is 2.21. The Morgan fingerprint density at radius 1 is 1.30 bits per heavy atom. The lowest BCUT2D eigenvalue weighted by Gasteiger charge is -2.01. The van der Waals surface area contributed by atoms with Crippen LogP contribution in [0.25, 0.3) is 21.7 Å². The first-order valence-corrected chi connectivity index (χ1v) is 9.36. The molecule has 3 aromatic heterocycles. The Bertz CT molecular complexity index is 1340. The summed E-state index contributed by atoms with van der Waals surface area (Å²) in [6, 6.07) is 5.61. The van der Waals surface area contributed by atoms with E-state index in [0.717, 1.165) is 11.3 Å². The van der Waals surface area contributed by atoms with Crippen LogP contribution < -0.4 is 5.56 Å². The maximum absolute atomic E-state index is 12.5. The van der Waals surface area contributed by atoms with Gasteiger partial charge >= 0.3 is 5.97 Å². The van der Waals surface area contributed by atoms with E-state index in [2.05, 4.69) is 15.2 Å². The number of hydrogen-bond acceptors (Lipinski definition) is 10. The van der Waals surface area contributed by atoms with Gasteiger partial charge in [-0.25, -0.2) is 9.78 Å². The molecule has 0 aliphatic carbocycles.